The third-order valence-corrected chi connectivity index (χ3v) is 2.24. The molecule has 0 saturated carbocycles. The Labute approximate surface area is 100 Å². The fourth-order valence-electron chi connectivity index (χ4n) is 1.33. The predicted octanol–water partition coefficient (Wildman–Crippen LogP) is 0.389. The first-order valence-corrected chi connectivity index (χ1v) is 4.94. The summed E-state index contributed by atoms with van der Waals surface area (Å²) in [4.78, 5) is 30.4. The molecular formula is C10H8FN3O4. The van der Waals surface area contributed by atoms with Gasteiger partial charge in [0.05, 0.1) is 11.9 Å². The molecule has 0 radical (unpaired) electrons. The van der Waals surface area contributed by atoms with Gasteiger partial charge in [0.2, 0.25) is 6.10 Å². The van der Waals surface area contributed by atoms with Gasteiger partial charge in [-0.25, -0.2) is 9.18 Å². The maximum absolute atomic E-state index is 13.2. The molecule has 1 atom stereocenters. The van der Waals surface area contributed by atoms with Crippen LogP contribution in [0.4, 0.5) is 10.1 Å². The second-order valence-electron chi connectivity index (χ2n) is 3.49. The molecule has 7 nitrogen and oxygen atoms in total. The molecule has 0 spiro atoms. The number of hydrogen-bond acceptors (Lipinski definition) is 5. The number of nitrogens with one attached hydrogen (secondary N) is 1. The smallest absolute Gasteiger partial charge is 0.353 e. The van der Waals surface area contributed by atoms with Crippen LogP contribution in [0.25, 0.3) is 0 Å². The summed E-state index contributed by atoms with van der Waals surface area (Å²) in [5, 5.41) is 14.2. The molecule has 2 heterocycles. The van der Waals surface area contributed by atoms with E-state index in [1.165, 1.54) is 12.3 Å². The highest BCUT2D eigenvalue weighted by Gasteiger charge is 2.31. The molecule has 1 amide bonds. The summed E-state index contributed by atoms with van der Waals surface area (Å²) in [6, 6.07) is 1.28. The van der Waals surface area contributed by atoms with Crippen LogP contribution < -0.4 is 5.32 Å². The SMILES string of the molecule is O=C(O)C1=NOC(C(=O)Nc2ccncc2F)C1. The Hall–Kier alpha value is -2.51. The van der Waals surface area contributed by atoms with Gasteiger partial charge < -0.3 is 15.3 Å². The molecule has 0 bridgehead atoms. The van der Waals surface area contributed by atoms with Crippen LogP contribution in [0.3, 0.4) is 0 Å². The van der Waals surface area contributed by atoms with Gasteiger partial charge in [-0.2, -0.15) is 0 Å². The highest BCUT2D eigenvalue weighted by Crippen LogP contribution is 2.15. The van der Waals surface area contributed by atoms with Crippen LogP contribution in [0.5, 0.6) is 0 Å². The van der Waals surface area contributed by atoms with Crippen LogP contribution in [0, 0.1) is 5.82 Å². The van der Waals surface area contributed by atoms with Crippen molar-refractivity contribution in [2.45, 2.75) is 12.5 Å². The van der Waals surface area contributed by atoms with Crippen LogP contribution in [0.1, 0.15) is 6.42 Å². The maximum atomic E-state index is 13.2. The lowest BCUT2D eigenvalue weighted by Crippen LogP contribution is -2.29. The van der Waals surface area contributed by atoms with E-state index in [4.69, 9.17) is 5.11 Å². The van der Waals surface area contributed by atoms with Crippen molar-refractivity contribution in [2.75, 3.05) is 5.32 Å². The van der Waals surface area contributed by atoms with Gasteiger partial charge in [-0.15, -0.1) is 0 Å². The summed E-state index contributed by atoms with van der Waals surface area (Å²) in [6.07, 6.45) is 1.04. The van der Waals surface area contributed by atoms with E-state index in [1.807, 2.05) is 0 Å². The topological polar surface area (TPSA) is 101 Å². The number of amides is 1. The Morgan fingerprint density at radius 3 is 2.94 bits per heavy atom. The van der Waals surface area contributed by atoms with Crippen LogP contribution in [0.15, 0.2) is 23.6 Å². The zero-order valence-corrected chi connectivity index (χ0v) is 8.96. The highest BCUT2D eigenvalue weighted by atomic mass is 19.1. The highest BCUT2D eigenvalue weighted by molar-refractivity contribution is 6.36. The monoisotopic (exact) mass is 253 g/mol. The van der Waals surface area contributed by atoms with Gasteiger partial charge in [0.25, 0.3) is 5.91 Å². The molecule has 0 aromatic carbocycles. The third-order valence-electron chi connectivity index (χ3n) is 2.24. The summed E-state index contributed by atoms with van der Waals surface area (Å²) >= 11 is 0. The number of pyridine rings is 1. The van der Waals surface area contributed by atoms with Crippen LogP contribution in [-0.4, -0.2) is 33.8 Å². The van der Waals surface area contributed by atoms with Crippen molar-refractivity contribution >= 4 is 23.3 Å². The number of anilines is 1. The van der Waals surface area contributed by atoms with Gasteiger partial charge in [-0.1, -0.05) is 5.16 Å². The number of carbonyl (C=O) groups is 2. The largest absolute Gasteiger partial charge is 0.477 e. The van der Waals surface area contributed by atoms with Gasteiger partial charge in [0.15, 0.2) is 11.5 Å². The Morgan fingerprint density at radius 2 is 2.33 bits per heavy atom. The second kappa shape index (κ2) is 4.78. The van der Waals surface area contributed by atoms with Crippen LogP contribution in [-0.2, 0) is 14.4 Å². The van der Waals surface area contributed by atoms with E-state index in [0.29, 0.717) is 0 Å². The van der Waals surface area contributed by atoms with Gasteiger partial charge in [0.1, 0.15) is 0 Å². The molecule has 0 aliphatic carbocycles. The first-order chi connectivity index (χ1) is 8.58. The van der Waals surface area contributed by atoms with Gasteiger partial charge in [-0.3, -0.25) is 9.78 Å². The summed E-state index contributed by atoms with van der Waals surface area (Å²) < 4.78 is 13.2. The van der Waals surface area contributed by atoms with Crippen molar-refractivity contribution in [3.8, 4) is 0 Å². The van der Waals surface area contributed by atoms with E-state index < -0.39 is 23.8 Å². The first-order valence-electron chi connectivity index (χ1n) is 4.94. The van der Waals surface area contributed by atoms with Crippen LogP contribution in [0.2, 0.25) is 0 Å². The van der Waals surface area contributed by atoms with Crippen molar-refractivity contribution in [1.82, 2.24) is 4.98 Å². The van der Waals surface area contributed by atoms with Gasteiger partial charge >= 0.3 is 5.97 Å². The number of carboxylic acids is 1. The minimum Gasteiger partial charge on any atom is -0.477 e. The Bertz CT molecular complexity index is 532. The molecule has 1 aromatic rings. The molecule has 1 aromatic heterocycles. The minimum atomic E-state index is -1.25. The lowest BCUT2D eigenvalue weighted by atomic mass is 10.1. The molecule has 1 unspecified atom stereocenters. The maximum Gasteiger partial charge on any atom is 0.353 e. The number of carboxylic acid groups (broad SMARTS) is 1. The molecular weight excluding hydrogens is 245 g/mol. The summed E-state index contributed by atoms with van der Waals surface area (Å²) in [6.45, 7) is 0. The average molecular weight is 253 g/mol. The Kier molecular flexibility index (Phi) is 3.18. The van der Waals surface area contributed by atoms with E-state index in [1.54, 1.807) is 0 Å². The van der Waals surface area contributed by atoms with E-state index in [2.05, 4.69) is 20.3 Å². The Morgan fingerprint density at radius 1 is 1.56 bits per heavy atom. The molecule has 94 valence electrons. The summed E-state index contributed by atoms with van der Waals surface area (Å²) in [7, 11) is 0. The molecule has 1 aliphatic rings. The number of hydrogen-bond donors (Lipinski definition) is 2. The van der Waals surface area contributed by atoms with Crippen molar-refractivity contribution < 1.29 is 23.9 Å². The van der Waals surface area contributed by atoms with Crippen molar-refractivity contribution in [3.05, 3.63) is 24.3 Å². The molecule has 0 fully saturated rings. The van der Waals surface area contributed by atoms with Gasteiger partial charge in [0, 0.05) is 12.6 Å². The first kappa shape index (κ1) is 12.0. The molecule has 8 heteroatoms. The standard InChI is InChI=1S/C10H8FN3O4/c11-5-4-12-2-1-6(5)13-9(15)8-3-7(10(16)17)14-18-8/h1-2,4,8H,3H2,(H,16,17)(H,12,13,15). The van der Waals surface area contributed by atoms with Gasteiger partial charge in [-0.05, 0) is 6.07 Å². The number of rotatable bonds is 3. The number of nitrogens with zero attached hydrogens (tertiary/aromatic N) is 2. The number of halogens is 1. The Balaban J connectivity index is 1.99. The van der Waals surface area contributed by atoms with E-state index in [-0.39, 0.29) is 17.8 Å². The lowest BCUT2D eigenvalue weighted by molar-refractivity contribution is -0.129. The predicted molar refractivity (Wildman–Crippen MR) is 57.4 cm³/mol. The van der Waals surface area contributed by atoms with Crippen LogP contribution >= 0.6 is 0 Å². The minimum absolute atomic E-state index is 0.0534. The van der Waals surface area contributed by atoms with E-state index in [0.717, 1.165) is 6.20 Å². The zero-order valence-electron chi connectivity index (χ0n) is 8.96. The molecule has 18 heavy (non-hydrogen) atoms. The van der Waals surface area contributed by atoms with Crippen molar-refractivity contribution in [3.63, 3.8) is 0 Å². The second-order valence-corrected chi connectivity index (χ2v) is 3.49. The normalized spacial score (nSPS) is 17.8. The summed E-state index contributed by atoms with van der Waals surface area (Å²) in [5.41, 5.74) is -0.298. The quantitative estimate of drug-likeness (QED) is 0.811. The number of carbonyl (C=O) groups excluding carboxylic acids is 1. The number of aliphatic carboxylic acids is 1. The number of oxime groups is 1. The zero-order chi connectivity index (χ0) is 13.1. The fourth-order valence-corrected chi connectivity index (χ4v) is 1.33. The average Bonchev–Trinajstić information content (AvgIpc) is 2.81. The third kappa shape index (κ3) is 2.42. The lowest BCUT2D eigenvalue weighted by Gasteiger charge is -2.09. The molecule has 2 N–H and O–H groups in total. The van der Waals surface area contributed by atoms with E-state index >= 15 is 0 Å². The molecule has 1 aliphatic heterocycles. The van der Waals surface area contributed by atoms with Crippen molar-refractivity contribution in [1.29, 1.82) is 0 Å². The fraction of sp³-hybridized carbons (Fsp3) is 0.200. The molecule has 2 rings (SSSR count). The molecule has 0 saturated heterocycles. The number of aromatic nitrogens is 1. The van der Waals surface area contributed by atoms with Crippen molar-refractivity contribution in [2.24, 2.45) is 5.16 Å². The summed E-state index contributed by atoms with van der Waals surface area (Å²) in [5.74, 6) is -2.61. The van der Waals surface area contributed by atoms with E-state index in [9.17, 15) is 14.0 Å².